The van der Waals surface area contributed by atoms with E-state index < -0.39 is 11.6 Å². The fourth-order valence-corrected chi connectivity index (χ4v) is 3.07. The van der Waals surface area contributed by atoms with E-state index in [0.717, 1.165) is 17.8 Å². The number of nitrogens with one attached hydrogen (secondary N) is 2. The summed E-state index contributed by atoms with van der Waals surface area (Å²) in [7, 11) is 1.94. The Kier molecular flexibility index (Phi) is 7.33. The molecule has 0 aliphatic heterocycles. The van der Waals surface area contributed by atoms with Crippen molar-refractivity contribution in [1.82, 2.24) is 20.4 Å². The zero-order chi connectivity index (χ0) is 20.0. The molecule has 5 nitrogen and oxygen atoms in total. The van der Waals surface area contributed by atoms with Crippen molar-refractivity contribution in [3.8, 4) is 0 Å². The number of hydrogen-bond acceptors (Lipinski definition) is 2. The summed E-state index contributed by atoms with van der Waals surface area (Å²) in [4.78, 5) is 4.46. The quantitative estimate of drug-likeness (QED) is 0.576. The first-order valence-electron chi connectivity index (χ1n) is 9.30. The minimum atomic E-state index is -0.529. The maximum absolute atomic E-state index is 13.7. The molecule has 1 unspecified atom stereocenters. The lowest BCUT2D eigenvalue weighted by atomic mass is 10.1. The van der Waals surface area contributed by atoms with Crippen molar-refractivity contribution in [2.24, 2.45) is 12.0 Å². The number of benzene rings is 1. The van der Waals surface area contributed by atoms with Crippen molar-refractivity contribution in [2.75, 3.05) is 13.1 Å². The van der Waals surface area contributed by atoms with Crippen molar-refractivity contribution < 1.29 is 8.78 Å². The highest BCUT2D eigenvalue weighted by atomic mass is 19.1. The Morgan fingerprint density at radius 2 is 1.89 bits per heavy atom. The van der Waals surface area contributed by atoms with Crippen LogP contribution in [-0.4, -0.2) is 34.9 Å². The highest BCUT2D eigenvalue weighted by Crippen LogP contribution is 2.14. The van der Waals surface area contributed by atoms with Gasteiger partial charge in [0.2, 0.25) is 0 Å². The number of aliphatic imine (C=N–C) groups is 1. The zero-order valence-corrected chi connectivity index (χ0v) is 16.7. The van der Waals surface area contributed by atoms with Crippen LogP contribution in [0.15, 0.2) is 23.2 Å². The Labute approximate surface area is 159 Å². The maximum atomic E-state index is 13.7. The molecule has 0 radical (unpaired) electrons. The van der Waals surface area contributed by atoms with E-state index in [1.54, 1.807) is 0 Å². The normalized spacial score (nSPS) is 12.9. The molecule has 0 fully saturated rings. The van der Waals surface area contributed by atoms with Gasteiger partial charge < -0.3 is 10.6 Å². The van der Waals surface area contributed by atoms with Crippen LogP contribution in [0.3, 0.4) is 0 Å². The van der Waals surface area contributed by atoms with Crippen LogP contribution in [0.2, 0.25) is 0 Å². The van der Waals surface area contributed by atoms with Gasteiger partial charge in [-0.3, -0.25) is 9.67 Å². The molecule has 7 heteroatoms. The van der Waals surface area contributed by atoms with Crippen LogP contribution in [0.4, 0.5) is 8.78 Å². The number of nitrogens with zero attached hydrogens (tertiary/aromatic N) is 3. The molecule has 0 spiro atoms. The van der Waals surface area contributed by atoms with E-state index in [0.29, 0.717) is 19.0 Å². The molecule has 27 heavy (non-hydrogen) atoms. The Balaban J connectivity index is 2.00. The predicted molar refractivity (Wildman–Crippen MR) is 105 cm³/mol. The van der Waals surface area contributed by atoms with E-state index in [4.69, 9.17) is 0 Å². The highest BCUT2D eigenvalue weighted by molar-refractivity contribution is 5.80. The lowest BCUT2D eigenvalue weighted by molar-refractivity contribution is 0.555. The van der Waals surface area contributed by atoms with Crippen molar-refractivity contribution in [2.45, 2.75) is 46.6 Å². The number of hydrogen-bond donors (Lipinski definition) is 2. The smallest absolute Gasteiger partial charge is 0.191 e. The van der Waals surface area contributed by atoms with Crippen molar-refractivity contribution in [3.05, 3.63) is 52.3 Å². The second-order valence-corrected chi connectivity index (χ2v) is 6.73. The lowest BCUT2D eigenvalue weighted by Crippen LogP contribution is -2.43. The first kappa shape index (κ1) is 20.9. The van der Waals surface area contributed by atoms with Gasteiger partial charge in [-0.05, 0) is 58.2 Å². The largest absolute Gasteiger partial charge is 0.357 e. The molecule has 1 heterocycles. The monoisotopic (exact) mass is 377 g/mol. The molecule has 2 N–H and O–H groups in total. The van der Waals surface area contributed by atoms with Gasteiger partial charge in [-0.15, -0.1) is 0 Å². The van der Waals surface area contributed by atoms with E-state index in [-0.39, 0.29) is 18.0 Å². The molecule has 1 aromatic carbocycles. The number of guanidine groups is 1. The van der Waals surface area contributed by atoms with Gasteiger partial charge in [0.25, 0.3) is 0 Å². The molecule has 2 aromatic rings. The van der Waals surface area contributed by atoms with Crippen molar-refractivity contribution in [1.29, 1.82) is 0 Å². The van der Waals surface area contributed by atoms with Gasteiger partial charge in [0, 0.05) is 37.4 Å². The third-order valence-corrected chi connectivity index (χ3v) is 4.59. The van der Waals surface area contributed by atoms with Gasteiger partial charge in [-0.2, -0.15) is 5.10 Å². The number of rotatable bonds is 7. The van der Waals surface area contributed by atoms with E-state index in [1.807, 2.05) is 25.6 Å². The molecule has 0 bridgehead atoms. The molecule has 2 rings (SSSR count). The molecule has 1 atom stereocenters. The van der Waals surface area contributed by atoms with Crippen LogP contribution in [-0.2, 0) is 19.9 Å². The first-order chi connectivity index (χ1) is 12.8. The standard InChI is InChI=1S/C20H29F2N5/c1-6-23-20(24-11-10-16-18(21)8-7-9-19(16)22)25-13(2)12-17-14(3)26-27(5)15(17)4/h7-9,13H,6,10-12H2,1-5H3,(H2,23,24,25). The molecule has 148 valence electrons. The Morgan fingerprint density at radius 3 is 2.44 bits per heavy atom. The summed E-state index contributed by atoms with van der Waals surface area (Å²) in [6.45, 7) is 9.13. The molecule has 0 amide bonds. The minimum absolute atomic E-state index is 0.0757. The third-order valence-electron chi connectivity index (χ3n) is 4.59. The maximum Gasteiger partial charge on any atom is 0.191 e. The highest BCUT2D eigenvalue weighted by Gasteiger charge is 2.14. The Hall–Kier alpha value is -2.44. The average Bonchev–Trinajstić information content (AvgIpc) is 2.84. The molecule has 0 aliphatic carbocycles. The summed E-state index contributed by atoms with van der Waals surface area (Å²) < 4.78 is 29.3. The topological polar surface area (TPSA) is 54.2 Å². The molecule has 0 aliphatic rings. The van der Waals surface area contributed by atoms with Gasteiger partial charge >= 0.3 is 0 Å². The molecule has 0 saturated carbocycles. The van der Waals surface area contributed by atoms with E-state index in [2.05, 4.69) is 34.6 Å². The van der Waals surface area contributed by atoms with Crippen LogP contribution in [0, 0.1) is 25.5 Å². The summed E-state index contributed by atoms with van der Waals surface area (Å²) in [6.07, 6.45) is 1.03. The Bertz CT molecular complexity index is 778. The Morgan fingerprint density at radius 1 is 1.22 bits per heavy atom. The summed E-state index contributed by atoms with van der Waals surface area (Å²) >= 11 is 0. The molecular formula is C20H29F2N5. The number of halogens is 2. The summed E-state index contributed by atoms with van der Waals surface area (Å²) in [5, 5.41) is 11.0. The minimum Gasteiger partial charge on any atom is -0.357 e. The van der Waals surface area contributed by atoms with Gasteiger partial charge in [-0.25, -0.2) is 8.78 Å². The molecular weight excluding hydrogens is 348 g/mol. The van der Waals surface area contributed by atoms with E-state index >= 15 is 0 Å². The third kappa shape index (κ3) is 5.52. The fraction of sp³-hybridized carbons (Fsp3) is 0.500. The zero-order valence-electron chi connectivity index (χ0n) is 16.7. The van der Waals surface area contributed by atoms with E-state index in [9.17, 15) is 8.78 Å². The predicted octanol–water partition coefficient (Wildman–Crippen LogP) is 3.04. The van der Waals surface area contributed by atoms with Gasteiger partial charge in [-0.1, -0.05) is 6.07 Å². The van der Waals surface area contributed by atoms with Crippen LogP contribution >= 0.6 is 0 Å². The second kappa shape index (κ2) is 9.48. The van der Waals surface area contributed by atoms with Crippen LogP contribution < -0.4 is 10.6 Å². The number of aromatic nitrogens is 2. The van der Waals surface area contributed by atoms with Gasteiger partial charge in [0.05, 0.1) is 5.69 Å². The lowest BCUT2D eigenvalue weighted by Gasteiger charge is -2.18. The van der Waals surface area contributed by atoms with Crippen LogP contribution in [0.25, 0.3) is 0 Å². The van der Waals surface area contributed by atoms with Crippen molar-refractivity contribution >= 4 is 5.96 Å². The molecule has 1 aromatic heterocycles. The average molecular weight is 377 g/mol. The van der Waals surface area contributed by atoms with Crippen LogP contribution in [0.5, 0.6) is 0 Å². The van der Waals surface area contributed by atoms with Gasteiger partial charge in [0.1, 0.15) is 11.6 Å². The van der Waals surface area contributed by atoms with Crippen molar-refractivity contribution in [3.63, 3.8) is 0 Å². The fourth-order valence-electron chi connectivity index (χ4n) is 3.07. The summed E-state index contributed by atoms with van der Waals surface area (Å²) in [5.74, 6) is -0.418. The second-order valence-electron chi connectivity index (χ2n) is 6.73. The van der Waals surface area contributed by atoms with Crippen LogP contribution in [0.1, 0.15) is 36.4 Å². The van der Waals surface area contributed by atoms with Gasteiger partial charge in [0.15, 0.2) is 5.96 Å². The SMILES string of the molecule is CCNC(=NCCc1c(F)cccc1F)NC(C)Cc1c(C)nn(C)c1C. The summed E-state index contributed by atoms with van der Waals surface area (Å²) in [5.41, 5.74) is 3.48. The first-order valence-corrected chi connectivity index (χ1v) is 9.30. The molecule has 0 saturated heterocycles. The number of aryl methyl sites for hydroxylation is 2. The van der Waals surface area contributed by atoms with E-state index in [1.165, 1.54) is 23.8 Å². The summed E-state index contributed by atoms with van der Waals surface area (Å²) in [6, 6.07) is 4.04.